The highest BCUT2D eigenvalue weighted by molar-refractivity contribution is 7.86. The van der Waals surface area contributed by atoms with Gasteiger partial charge in [-0.05, 0) is 0 Å². The Kier molecular flexibility index (Phi) is 2.80. The number of hydrogen-bond acceptors (Lipinski definition) is 6. The highest BCUT2D eigenvalue weighted by Gasteiger charge is 2.25. The van der Waals surface area contributed by atoms with Gasteiger partial charge in [-0.3, -0.25) is 14.7 Å². The number of nitrogens with two attached hydrogens (primary N) is 1. The average Bonchev–Trinajstić information content (AvgIpc) is 2.31. The van der Waals surface area contributed by atoms with Crippen LogP contribution < -0.4 is 5.73 Å². The number of anilines is 1. The smallest absolute Gasteiger partial charge is 0.295 e. The fraction of sp³-hybridized carbons (Fsp3) is 0. The maximum absolute atomic E-state index is 11.3. The van der Waals surface area contributed by atoms with Crippen LogP contribution in [0.4, 0.5) is 11.4 Å². The minimum atomic E-state index is -4.74. The molecular weight excluding hydrogens is 276 g/mol. The topological polar surface area (TPSA) is 144 Å². The molecule has 0 saturated carbocycles. The van der Waals surface area contributed by atoms with Gasteiger partial charge < -0.3 is 10.8 Å². The number of benzene rings is 2. The zero-order valence-electron chi connectivity index (χ0n) is 9.27. The number of non-ortho nitro benzene ring substituents is 1. The van der Waals surface area contributed by atoms with Crippen LogP contribution in [0.15, 0.2) is 29.2 Å². The average molecular weight is 284 g/mol. The van der Waals surface area contributed by atoms with Gasteiger partial charge in [0.2, 0.25) is 0 Å². The van der Waals surface area contributed by atoms with Gasteiger partial charge in [0.15, 0.2) is 0 Å². The summed E-state index contributed by atoms with van der Waals surface area (Å²) in [4.78, 5) is 9.36. The number of phenolic OH excluding ortho intramolecular Hbond substituents is 1. The lowest BCUT2D eigenvalue weighted by Crippen LogP contribution is -2.03. The first kappa shape index (κ1) is 13.1. The van der Waals surface area contributed by atoms with Gasteiger partial charge in [-0.2, -0.15) is 8.42 Å². The third kappa shape index (κ3) is 2.04. The number of aromatic hydroxyl groups is 1. The van der Waals surface area contributed by atoms with Crippen LogP contribution in [0.1, 0.15) is 0 Å². The van der Waals surface area contributed by atoms with E-state index in [9.17, 15) is 23.6 Å². The first-order valence-electron chi connectivity index (χ1n) is 4.89. The Balaban J connectivity index is 3.13. The van der Waals surface area contributed by atoms with E-state index in [2.05, 4.69) is 0 Å². The van der Waals surface area contributed by atoms with Gasteiger partial charge in [0.05, 0.1) is 16.0 Å². The fourth-order valence-electron chi connectivity index (χ4n) is 1.79. The number of nitrogens with zero attached hydrogens (tertiary/aromatic N) is 1. The van der Waals surface area contributed by atoms with E-state index in [1.54, 1.807) is 0 Å². The van der Waals surface area contributed by atoms with Gasteiger partial charge in [-0.15, -0.1) is 0 Å². The third-order valence-corrected chi connectivity index (χ3v) is 3.48. The first-order valence-corrected chi connectivity index (χ1v) is 6.33. The minimum Gasteiger partial charge on any atom is -0.506 e. The number of fused-ring (bicyclic) bond motifs is 1. The van der Waals surface area contributed by atoms with Crippen molar-refractivity contribution in [2.24, 2.45) is 0 Å². The Hall–Kier alpha value is -2.39. The molecule has 0 saturated heterocycles. The Labute approximate surface area is 107 Å². The molecule has 0 atom stereocenters. The zero-order chi connectivity index (χ0) is 14.4. The van der Waals surface area contributed by atoms with E-state index in [4.69, 9.17) is 10.3 Å². The summed E-state index contributed by atoms with van der Waals surface area (Å²) in [6.07, 6.45) is 0. The molecular formula is C10H8N2O6S. The summed E-state index contributed by atoms with van der Waals surface area (Å²) in [7, 11) is -4.74. The van der Waals surface area contributed by atoms with E-state index < -0.39 is 31.4 Å². The van der Waals surface area contributed by atoms with E-state index in [0.717, 1.165) is 6.07 Å². The van der Waals surface area contributed by atoms with Gasteiger partial charge in [0.1, 0.15) is 10.6 Å². The van der Waals surface area contributed by atoms with Crippen molar-refractivity contribution in [3.8, 4) is 5.75 Å². The van der Waals surface area contributed by atoms with E-state index in [1.165, 1.54) is 12.1 Å². The second-order valence-electron chi connectivity index (χ2n) is 3.74. The highest BCUT2D eigenvalue weighted by atomic mass is 32.2. The molecule has 0 aliphatic rings. The first-order chi connectivity index (χ1) is 8.73. The Morgan fingerprint density at radius 1 is 1.32 bits per heavy atom. The number of hydrogen-bond donors (Lipinski definition) is 3. The lowest BCUT2D eigenvalue weighted by Gasteiger charge is -2.09. The molecule has 2 rings (SSSR count). The van der Waals surface area contributed by atoms with E-state index in [0.29, 0.717) is 6.07 Å². The van der Waals surface area contributed by atoms with Crippen LogP contribution in [0.2, 0.25) is 0 Å². The Morgan fingerprint density at radius 2 is 1.95 bits per heavy atom. The largest absolute Gasteiger partial charge is 0.506 e. The molecule has 0 heterocycles. The Morgan fingerprint density at radius 3 is 2.47 bits per heavy atom. The predicted molar refractivity (Wildman–Crippen MR) is 66.5 cm³/mol. The van der Waals surface area contributed by atoms with Crippen molar-refractivity contribution in [3.05, 3.63) is 34.4 Å². The van der Waals surface area contributed by atoms with Gasteiger partial charge in [-0.25, -0.2) is 0 Å². The molecule has 4 N–H and O–H groups in total. The standard InChI is InChI=1S/C10H8N2O6S/c11-10-5-2-1-3-6(12(14)15)9(5)8(4-7(10)13)19(16,17)18/h1-4,13H,11H2,(H,16,17,18). The van der Waals surface area contributed by atoms with Crippen LogP contribution in [0, 0.1) is 10.1 Å². The molecule has 0 amide bonds. The monoisotopic (exact) mass is 284 g/mol. The van der Waals surface area contributed by atoms with Gasteiger partial charge >= 0.3 is 0 Å². The molecule has 0 aliphatic heterocycles. The lowest BCUT2D eigenvalue weighted by molar-refractivity contribution is -0.383. The van der Waals surface area contributed by atoms with Crippen LogP contribution in [0.25, 0.3) is 10.8 Å². The maximum atomic E-state index is 11.3. The molecule has 0 spiro atoms. The molecule has 9 heteroatoms. The molecule has 0 bridgehead atoms. The van der Waals surface area contributed by atoms with Crippen LogP contribution in [0.3, 0.4) is 0 Å². The van der Waals surface area contributed by atoms with Gasteiger partial charge in [0, 0.05) is 17.5 Å². The summed E-state index contributed by atoms with van der Waals surface area (Å²) in [5, 5.41) is 20.1. The Bertz CT molecular complexity index is 799. The molecule has 0 radical (unpaired) electrons. The number of nitrogen functional groups attached to an aromatic ring is 1. The van der Waals surface area contributed by atoms with Crippen LogP contribution in [-0.4, -0.2) is 23.0 Å². The van der Waals surface area contributed by atoms with Gasteiger partial charge in [-0.1, -0.05) is 12.1 Å². The van der Waals surface area contributed by atoms with Crippen LogP contribution in [0.5, 0.6) is 5.75 Å². The second-order valence-corrected chi connectivity index (χ2v) is 5.13. The molecule has 0 aliphatic carbocycles. The number of rotatable bonds is 2. The molecule has 19 heavy (non-hydrogen) atoms. The van der Waals surface area contributed by atoms with Crippen molar-refractivity contribution >= 4 is 32.3 Å². The minimum absolute atomic E-state index is 0.0261. The summed E-state index contributed by atoms with van der Waals surface area (Å²) in [6.45, 7) is 0. The second kappa shape index (κ2) is 4.07. The van der Waals surface area contributed by atoms with Crippen molar-refractivity contribution in [1.82, 2.24) is 0 Å². The zero-order valence-corrected chi connectivity index (χ0v) is 10.1. The molecule has 0 unspecified atom stereocenters. The van der Waals surface area contributed by atoms with Crippen molar-refractivity contribution in [1.29, 1.82) is 0 Å². The third-order valence-electron chi connectivity index (χ3n) is 2.60. The summed E-state index contributed by atoms with van der Waals surface area (Å²) in [6, 6.07) is 4.36. The molecule has 2 aromatic rings. The fourth-order valence-corrected chi connectivity index (χ4v) is 2.52. The van der Waals surface area contributed by atoms with Crippen molar-refractivity contribution in [2.75, 3.05) is 5.73 Å². The van der Waals surface area contributed by atoms with Gasteiger partial charge in [0.25, 0.3) is 15.8 Å². The van der Waals surface area contributed by atoms with Crippen LogP contribution >= 0.6 is 0 Å². The quantitative estimate of drug-likeness (QED) is 0.247. The summed E-state index contributed by atoms with van der Waals surface area (Å²) >= 11 is 0. The SMILES string of the molecule is Nc1c(O)cc(S(=O)(=O)O)c2c([N+](=O)[O-])cccc12. The molecule has 100 valence electrons. The normalized spacial score (nSPS) is 11.6. The predicted octanol–water partition coefficient (Wildman–Crippen LogP) is 1.28. The number of nitro groups is 1. The lowest BCUT2D eigenvalue weighted by atomic mass is 10.1. The molecule has 0 aromatic heterocycles. The number of phenols is 1. The summed E-state index contributed by atoms with van der Waals surface area (Å²) < 4.78 is 31.6. The highest BCUT2D eigenvalue weighted by Crippen LogP contribution is 2.39. The van der Waals surface area contributed by atoms with Crippen LogP contribution in [-0.2, 0) is 10.1 Å². The van der Waals surface area contributed by atoms with Crippen molar-refractivity contribution in [3.63, 3.8) is 0 Å². The summed E-state index contributed by atoms with van der Waals surface area (Å²) in [5.41, 5.74) is 4.82. The van der Waals surface area contributed by atoms with Crippen molar-refractivity contribution < 1.29 is 23.0 Å². The maximum Gasteiger partial charge on any atom is 0.295 e. The van der Waals surface area contributed by atoms with Crippen molar-refractivity contribution in [2.45, 2.75) is 4.90 Å². The molecule has 2 aromatic carbocycles. The van der Waals surface area contributed by atoms with E-state index in [1.807, 2.05) is 0 Å². The molecule has 0 fully saturated rings. The number of nitro benzene ring substituents is 1. The van der Waals surface area contributed by atoms with E-state index in [-0.39, 0.29) is 16.5 Å². The molecule has 8 nitrogen and oxygen atoms in total. The van der Waals surface area contributed by atoms with E-state index >= 15 is 0 Å². The summed E-state index contributed by atoms with van der Waals surface area (Å²) in [5.74, 6) is -0.583.